The lowest BCUT2D eigenvalue weighted by molar-refractivity contribution is -0.121. The van der Waals surface area contributed by atoms with Crippen LogP contribution < -0.4 is 0 Å². The van der Waals surface area contributed by atoms with Gasteiger partial charge in [-0.15, -0.1) is 0 Å². The number of esters is 1. The highest BCUT2D eigenvalue weighted by molar-refractivity contribution is 5.89. The molecular weight excluding hydrogens is 232 g/mol. The smallest absolute Gasteiger partial charge is 0.338 e. The molecule has 4 nitrogen and oxygen atoms in total. The Morgan fingerprint density at radius 3 is 2.44 bits per heavy atom. The van der Waals surface area contributed by atoms with Crippen molar-refractivity contribution in [2.75, 3.05) is 13.2 Å². The van der Waals surface area contributed by atoms with Crippen LogP contribution in [-0.2, 0) is 16.0 Å². The second kappa shape index (κ2) is 7.61. The van der Waals surface area contributed by atoms with Gasteiger partial charge < -0.3 is 9.84 Å². The number of carbonyl (C=O) groups is 2. The Morgan fingerprint density at radius 2 is 1.89 bits per heavy atom. The van der Waals surface area contributed by atoms with Gasteiger partial charge in [-0.3, -0.25) is 4.79 Å². The first-order valence-electron chi connectivity index (χ1n) is 6.06. The Kier molecular flexibility index (Phi) is 6.08. The second-order valence-electron chi connectivity index (χ2n) is 3.97. The van der Waals surface area contributed by atoms with E-state index in [-0.39, 0.29) is 18.4 Å². The van der Waals surface area contributed by atoms with E-state index in [1.807, 2.05) is 12.1 Å². The van der Waals surface area contributed by atoms with Crippen LogP contribution >= 0.6 is 0 Å². The number of ether oxygens (including phenoxy) is 1. The molecule has 0 saturated heterocycles. The molecule has 0 fully saturated rings. The van der Waals surface area contributed by atoms with Gasteiger partial charge in [0.25, 0.3) is 0 Å². The molecule has 0 aliphatic heterocycles. The molecule has 1 rings (SSSR count). The Balaban J connectivity index is 2.45. The minimum Gasteiger partial charge on any atom is -0.462 e. The van der Waals surface area contributed by atoms with E-state index in [2.05, 4.69) is 0 Å². The van der Waals surface area contributed by atoms with Crippen molar-refractivity contribution < 1.29 is 19.4 Å². The molecule has 0 aliphatic carbocycles. The molecule has 0 aromatic heterocycles. The maximum atomic E-state index is 11.4. The van der Waals surface area contributed by atoms with E-state index in [1.165, 1.54) is 0 Å². The molecule has 0 amide bonds. The number of aliphatic hydroxyl groups is 1. The van der Waals surface area contributed by atoms with E-state index < -0.39 is 0 Å². The molecule has 4 heteroatoms. The van der Waals surface area contributed by atoms with Crippen LogP contribution in [0.1, 0.15) is 35.7 Å². The predicted molar refractivity (Wildman–Crippen MR) is 67.4 cm³/mol. The highest BCUT2D eigenvalue weighted by Crippen LogP contribution is 2.09. The van der Waals surface area contributed by atoms with Gasteiger partial charge in [0, 0.05) is 6.42 Å². The first kappa shape index (κ1) is 14.4. The van der Waals surface area contributed by atoms with E-state index in [1.54, 1.807) is 19.1 Å². The van der Waals surface area contributed by atoms with Crippen LogP contribution in [0, 0.1) is 0 Å². The van der Waals surface area contributed by atoms with Gasteiger partial charge in [0.1, 0.15) is 6.61 Å². The maximum absolute atomic E-state index is 11.4. The Bertz CT molecular complexity index is 395. The van der Waals surface area contributed by atoms with E-state index in [0.29, 0.717) is 25.0 Å². The topological polar surface area (TPSA) is 63.6 Å². The molecule has 0 unspecified atom stereocenters. The summed E-state index contributed by atoms with van der Waals surface area (Å²) in [5, 5.41) is 8.58. The molecule has 98 valence electrons. The molecule has 0 aliphatic rings. The summed E-state index contributed by atoms with van der Waals surface area (Å²) in [5.41, 5.74) is 1.60. The lowest BCUT2D eigenvalue weighted by Gasteiger charge is -2.04. The summed E-state index contributed by atoms with van der Waals surface area (Å²) < 4.78 is 4.88. The van der Waals surface area contributed by atoms with Gasteiger partial charge in [-0.2, -0.15) is 0 Å². The third-order valence-electron chi connectivity index (χ3n) is 2.56. The lowest BCUT2D eigenvalue weighted by Crippen LogP contribution is -2.05. The zero-order valence-electron chi connectivity index (χ0n) is 10.5. The SMILES string of the molecule is CCOC(=O)c1ccc(CCCC(=O)CO)cc1. The van der Waals surface area contributed by atoms with Crippen molar-refractivity contribution in [1.82, 2.24) is 0 Å². The van der Waals surface area contributed by atoms with E-state index in [4.69, 9.17) is 9.84 Å². The molecule has 0 heterocycles. The fourth-order valence-electron chi connectivity index (χ4n) is 1.59. The maximum Gasteiger partial charge on any atom is 0.338 e. The summed E-state index contributed by atoms with van der Waals surface area (Å²) in [6.45, 7) is 1.75. The number of aliphatic hydroxyl groups excluding tert-OH is 1. The number of Topliss-reactive ketones (excluding diaryl/α,β-unsaturated/α-hetero) is 1. The standard InChI is InChI=1S/C14H18O4/c1-2-18-14(17)12-8-6-11(7-9-12)4-3-5-13(16)10-15/h6-9,15H,2-5,10H2,1H3. The van der Waals surface area contributed by atoms with Crippen molar-refractivity contribution >= 4 is 11.8 Å². The fourth-order valence-corrected chi connectivity index (χ4v) is 1.59. The predicted octanol–water partition coefficient (Wildman–Crippen LogP) is 1.75. The lowest BCUT2D eigenvalue weighted by atomic mass is 10.1. The number of hydrogen-bond donors (Lipinski definition) is 1. The highest BCUT2D eigenvalue weighted by Gasteiger charge is 2.05. The molecule has 0 spiro atoms. The molecule has 18 heavy (non-hydrogen) atoms. The van der Waals surface area contributed by atoms with Crippen LogP contribution in [0.15, 0.2) is 24.3 Å². The average Bonchev–Trinajstić information content (AvgIpc) is 2.39. The summed E-state index contributed by atoms with van der Waals surface area (Å²) in [7, 11) is 0. The summed E-state index contributed by atoms with van der Waals surface area (Å²) in [6, 6.07) is 7.16. The number of benzene rings is 1. The summed E-state index contributed by atoms with van der Waals surface area (Å²) in [4.78, 5) is 22.3. The largest absolute Gasteiger partial charge is 0.462 e. The number of rotatable bonds is 7. The summed E-state index contributed by atoms with van der Waals surface area (Å²) in [6.07, 6.45) is 1.85. The molecule has 0 atom stereocenters. The van der Waals surface area contributed by atoms with Gasteiger partial charge in [-0.1, -0.05) is 12.1 Å². The minimum absolute atomic E-state index is 0.141. The number of aryl methyl sites for hydroxylation is 1. The van der Waals surface area contributed by atoms with Gasteiger partial charge in [0.05, 0.1) is 12.2 Å². The van der Waals surface area contributed by atoms with Gasteiger partial charge in [0.15, 0.2) is 5.78 Å². The van der Waals surface area contributed by atoms with E-state index in [9.17, 15) is 9.59 Å². The Hall–Kier alpha value is -1.68. The van der Waals surface area contributed by atoms with Crippen LogP contribution in [0.2, 0.25) is 0 Å². The van der Waals surface area contributed by atoms with Crippen LogP contribution in [0.25, 0.3) is 0 Å². The number of ketones is 1. The summed E-state index contributed by atoms with van der Waals surface area (Å²) >= 11 is 0. The Labute approximate surface area is 107 Å². The van der Waals surface area contributed by atoms with E-state index >= 15 is 0 Å². The third kappa shape index (κ3) is 4.67. The van der Waals surface area contributed by atoms with Crippen LogP contribution in [-0.4, -0.2) is 30.1 Å². The van der Waals surface area contributed by atoms with Crippen molar-refractivity contribution in [2.24, 2.45) is 0 Å². The van der Waals surface area contributed by atoms with Crippen molar-refractivity contribution in [3.05, 3.63) is 35.4 Å². The van der Waals surface area contributed by atoms with Crippen molar-refractivity contribution in [1.29, 1.82) is 0 Å². The molecular formula is C14H18O4. The molecule has 0 radical (unpaired) electrons. The zero-order chi connectivity index (χ0) is 13.4. The van der Waals surface area contributed by atoms with Crippen molar-refractivity contribution in [2.45, 2.75) is 26.2 Å². The van der Waals surface area contributed by atoms with Gasteiger partial charge in [-0.25, -0.2) is 4.79 Å². The molecule has 1 aromatic rings. The zero-order valence-corrected chi connectivity index (χ0v) is 10.5. The normalized spacial score (nSPS) is 10.1. The van der Waals surface area contributed by atoms with E-state index in [0.717, 1.165) is 12.0 Å². The second-order valence-corrected chi connectivity index (χ2v) is 3.97. The van der Waals surface area contributed by atoms with Crippen molar-refractivity contribution in [3.8, 4) is 0 Å². The van der Waals surface area contributed by atoms with Crippen LogP contribution in [0.4, 0.5) is 0 Å². The van der Waals surface area contributed by atoms with Crippen LogP contribution in [0.5, 0.6) is 0 Å². The quantitative estimate of drug-likeness (QED) is 0.749. The van der Waals surface area contributed by atoms with Gasteiger partial charge in [-0.05, 0) is 37.5 Å². The molecule has 1 N–H and O–H groups in total. The van der Waals surface area contributed by atoms with Crippen molar-refractivity contribution in [3.63, 3.8) is 0 Å². The highest BCUT2D eigenvalue weighted by atomic mass is 16.5. The van der Waals surface area contributed by atoms with Crippen LogP contribution in [0.3, 0.4) is 0 Å². The molecule has 0 bridgehead atoms. The fraction of sp³-hybridized carbons (Fsp3) is 0.429. The third-order valence-corrected chi connectivity index (χ3v) is 2.56. The number of hydrogen-bond acceptors (Lipinski definition) is 4. The summed E-state index contributed by atoms with van der Waals surface area (Å²) in [5.74, 6) is -0.461. The average molecular weight is 250 g/mol. The van der Waals surface area contributed by atoms with Gasteiger partial charge >= 0.3 is 5.97 Å². The first-order chi connectivity index (χ1) is 8.67. The monoisotopic (exact) mass is 250 g/mol. The van der Waals surface area contributed by atoms with Gasteiger partial charge in [0.2, 0.25) is 0 Å². The molecule has 0 saturated carbocycles. The number of carbonyl (C=O) groups excluding carboxylic acids is 2. The minimum atomic E-state index is -0.387. The Morgan fingerprint density at radius 1 is 1.22 bits per heavy atom. The molecule has 1 aromatic carbocycles. The first-order valence-corrected chi connectivity index (χ1v) is 6.06.